The summed E-state index contributed by atoms with van der Waals surface area (Å²) >= 11 is 0. The molecule has 1 N–H and O–H groups in total. The van der Waals surface area contributed by atoms with Crippen LogP contribution in [0.4, 0.5) is 0 Å². The van der Waals surface area contributed by atoms with Crippen molar-refractivity contribution in [2.45, 2.75) is 25.0 Å². The zero-order valence-electron chi connectivity index (χ0n) is 14.8. The predicted octanol–water partition coefficient (Wildman–Crippen LogP) is 1.08. The van der Waals surface area contributed by atoms with Crippen LogP contribution in [0, 0.1) is 0 Å². The molecule has 1 unspecified atom stereocenters. The number of hydrogen-bond donors (Lipinski definition) is 1. The number of guanidine groups is 1. The third-order valence-electron chi connectivity index (χ3n) is 4.59. The first-order valence-corrected chi connectivity index (χ1v) is 8.43. The Bertz CT molecular complexity index is 544. The highest BCUT2D eigenvalue weighted by molar-refractivity contribution is 14.0. The molecule has 0 amide bonds. The Labute approximate surface area is 161 Å². The summed E-state index contributed by atoms with van der Waals surface area (Å²) in [5, 5.41) is 7.73. The topological polar surface area (TPSA) is 57.9 Å². The number of rotatable bonds is 5. The minimum absolute atomic E-state index is 0. The molecule has 1 atom stereocenters. The molecule has 1 aliphatic heterocycles. The molecule has 7 nitrogen and oxygen atoms in total. The molecule has 1 aliphatic carbocycles. The van der Waals surface area contributed by atoms with E-state index in [0.29, 0.717) is 6.61 Å². The second kappa shape index (κ2) is 9.00. The van der Waals surface area contributed by atoms with Gasteiger partial charge in [0.25, 0.3) is 0 Å². The van der Waals surface area contributed by atoms with E-state index in [9.17, 15) is 0 Å². The predicted molar refractivity (Wildman–Crippen MR) is 106 cm³/mol. The van der Waals surface area contributed by atoms with E-state index < -0.39 is 0 Å². The van der Waals surface area contributed by atoms with Crippen LogP contribution in [0.5, 0.6) is 0 Å². The fourth-order valence-corrected chi connectivity index (χ4v) is 3.02. The Hall–Kier alpha value is -0.870. The van der Waals surface area contributed by atoms with Gasteiger partial charge in [0.15, 0.2) is 5.96 Å². The van der Waals surface area contributed by atoms with Gasteiger partial charge in [-0.3, -0.25) is 9.67 Å². The van der Waals surface area contributed by atoms with E-state index in [1.807, 2.05) is 31.2 Å². The van der Waals surface area contributed by atoms with Crippen LogP contribution in [-0.2, 0) is 11.8 Å². The van der Waals surface area contributed by atoms with Crippen molar-refractivity contribution in [1.82, 2.24) is 24.9 Å². The van der Waals surface area contributed by atoms with Crippen molar-refractivity contribution < 1.29 is 4.74 Å². The standard InChI is InChI=1S/C16H28N6O.HI/c1-17-16(18-6-7-20(2)14-4-5-14)22-8-9-23-15(12-22)13-10-19-21(3)11-13;/h10-11,14-15H,4-9,12H2,1-3H3,(H,17,18);1H. The maximum atomic E-state index is 5.90. The Balaban J connectivity index is 0.00000208. The molecule has 2 fully saturated rings. The van der Waals surface area contributed by atoms with E-state index in [2.05, 4.69) is 32.3 Å². The van der Waals surface area contributed by atoms with Gasteiger partial charge in [0.2, 0.25) is 0 Å². The van der Waals surface area contributed by atoms with Crippen molar-refractivity contribution in [3.63, 3.8) is 0 Å². The van der Waals surface area contributed by atoms with E-state index in [1.165, 1.54) is 12.8 Å². The number of halogens is 1. The summed E-state index contributed by atoms with van der Waals surface area (Å²) in [5.74, 6) is 0.964. The second-order valence-corrected chi connectivity index (χ2v) is 6.44. The Morgan fingerprint density at radius 3 is 2.92 bits per heavy atom. The highest BCUT2D eigenvalue weighted by Gasteiger charge is 2.27. The Morgan fingerprint density at radius 1 is 1.50 bits per heavy atom. The summed E-state index contributed by atoms with van der Waals surface area (Å²) in [5.41, 5.74) is 1.13. The molecule has 1 aromatic heterocycles. The smallest absolute Gasteiger partial charge is 0.193 e. The van der Waals surface area contributed by atoms with Crippen LogP contribution in [0.2, 0.25) is 0 Å². The normalized spacial score (nSPS) is 21.8. The first kappa shape index (κ1) is 19.5. The van der Waals surface area contributed by atoms with Crippen LogP contribution < -0.4 is 5.32 Å². The number of nitrogens with one attached hydrogen (secondary N) is 1. The SMILES string of the molecule is CN=C(NCCN(C)C1CC1)N1CCOC(c2cnn(C)c2)C1.I. The van der Waals surface area contributed by atoms with Gasteiger partial charge in [0.1, 0.15) is 6.10 Å². The summed E-state index contributed by atoms with van der Waals surface area (Å²) < 4.78 is 7.72. The third kappa shape index (κ3) is 5.06. The summed E-state index contributed by atoms with van der Waals surface area (Å²) in [6, 6.07) is 0.803. The molecule has 1 saturated heterocycles. The van der Waals surface area contributed by atoms with E-state index in [1.54, 1.807) is 0 Å². The van der Waals surface area contributed by atoms with Crippen molar-refractivity contribution >= 4 is 29.9 Å². The number of hydrogen-bond acceptors (Lipinski definition) is 4. The van der Waals surface area contributed by atoms with Crippen molar-refractivity contribution in [3.05, 3.63) is 18.0 Å². The number of ether oxygens (including phenoxy) is 1. The van der Waals surface area contributed by atoms with Crippen LogP contribution in [0.1, 0.15) is 24.5 Å². The van der Waals surface area contributed by atoms with Crippen LogP contribution in [0.25, 0.3) is 0 Å². The van der Waals surface area contributed by atoms with Gasteiger partial charge in [-0.15, -0.1) is 24.0 Å². The maximum absolute atomic E-state index is 5.90. The minimum atomic E-state index is 0. The van der Waals surface area contributed by atoms with Gasteiger partial charge in [-0.2, -0.15) is 5.10 Å². The molecule has 0 spiro atoms. The number of aromatic nitrogens is 2. The lowest BCUT2D eigenvalue weighted by Crippen LogP contribution is -2.49. The van der Waals surface area contributed by atoms with Crippen LogP contribution in [-0.4, -0.2) is 78.5 Å². The average Bonchev–Trinajstić information content (AvgIpc) is 3.33. The molecule has 1 aromatic rings. The van der Waals surface area contributed by atoms with Gasteiger partial charge in [0.05, 0.1) is 19.3 Å². The van der Waals surface area contributed by atoms with E-state index in [-0.39, 0.29) is 30.1 Å². The van der Waals surface area contributed by atoms with Crippen LogP contribution in [0.15, 0.2) is 17.4 Å². The fraction of sp³-hybridized carbons (Fsp3) is 0.750. The molecule has 3 rings (SSSR count). The fourth-order valence-electron chi connectivity index (χ4n) is 3.02. The maximum Gasteiger partial charge on any atom is 0.193 e. The van der Waals surface area contributed by atoms with Crippen molar-refractivity contribution in [2.24, 2.45) is 12.0 Å². The van der Waals surface area contributed by atoms with Crippen LogP contribution >= 0.6 is 24.0 Å². The first-order valence-electron chi connectivity index (χ1n) is 8.43. The quantitative estimate of drug-likeness (QED) is 0.415. The van der Waals surface area contributed by atoms with Gasteiger partial charge in [0, 0.05) is 51.5 Å². The molecule has 136 valence electrons. The van der Waals surface area contributed by atoms with Gasteiger partial charge < -0.3 is 19.9 Å². The lowest BCUT2D eigenvalue weighted by Gasteiger charge is -2.35. The lowest BCUT2D eigenvalue weighted by atomic mass is 10.1. The molecule has 0 aromatic carbocycles. The summed E-state index contributed by atoms with van der Waals surface area (Å²) in [4.78, 5) is 9.14. The average molecular weight is 448 g/mol. The number of aryl methyl sites for hydroxylation is 1. The second-order valence-electron chi connectivity index (χ2n) is 6.44. The summed E-state index contributed by atoms with van der Waals surface area (Å²) in [6.07, 6.45) is 6.66. The van der Waals surface area contributed by atoms with E-state index >= 15 is 0 Å². The summed E-state index contributed by atoms with van der Waals surface area (Å²) in [7, 11) is 5.98. The molecule has 24 heavy (non-hydrogen) atoms. The largest absolute Gasteiger partial charge is 0.370 e. The van der Waals surface area contributed by atoms with Crippen molar-refractivity contribution in [2.75, 3.05) is 46.9 Å². The summed E-state index contributed by atoms with van der Waals surface area (Å²) in [6.45, 7) is 4.37. The highest BCUT2D eigenvalue weighted by atomic mass is 127. The molecule has 1 saturated carbocycles. The molecular formula is C16H29IN6O. The van der Waals surface area contributed by atoms with Crippen molar-refractivity contribution in [3.8, 4) is 0 Å². The van der Waals surface area contributed by atoms with Gasteiger partial charge in [-0.05, 0) is 19.9 Å². The third-order valence-corrected chi connectivity index (χ3v) is 4.59. The highest BCUT2D eigenvalue weighted by Crippen LogP contribution is 2.24. The van der Waals surface area contributed by atoms with Crippen LogP contribution in [0.3, 0.4) is 0 Å². The molecule has 0 radical (unpaired) electrons. The minimum Gasteiger partial charge on any atom is -0.370 e. The number of likely N-dealkylation sites (N-methyl/N-ethyl adjacent to an activating group) is 1. The zero-order chi connectivity index (χ0) is 16.2. The van der Waals surface area contributed by atoms with E-state index in [0.717, 1.165) is 43.7 Å². The molecule has 2 aliphatic rings. The van der Waals surface area contributed by atoms with Gasteiger partial charge in [-0.1, -0.05) is 0 Å². The van der Waals surface area contributed by atoms with Crippen molar-refractivity contribution in [1.29, 1.82) is 0 Å². The first-order chi connectivity index (χ1) is 11.2. The molecular weight excluding hydrogens is 419 g/mol. The molecule has 8 heteroatoms. The monoisotopic (exact) mass is 448 g/mol. The lowest BCUT2D eigenvalue weighted by molar-refractivity contribution is -0.00804. The molecule has 0 bridgehead atoms. The Morgan fingerprint density at radius 2 is 2.29 bits per heavy atom. The molecule has 2 heterocycles. The van der Waals surface area contributed by atoms with Gasteiger partial charge in [-0.25, -0.2) is 0 Å². The van der Waals surface area contributed by atoms with Gasteiger partial charge >= 0.3 is 0 Å². The number of aliphatic imine (C=N–C) groups is 1. The Kier molecular flexibility index (Phi) is 7.30. The zero-order valence-corrected chi connectivity index (χ0v) is 17.1. The number of nitrogens with zero attached hydrogens (tertiary/aromatic N) is 5. The van der Waals surface area contributed by atoms with E-state index in [4.69, 9.17) is 4.74 Å². The number of morpholine rings is 1.